The number of anilines is 1. The molecular formula is C16H18N2O4. The highest BCUT2D eigenvalue weighted by molar-refractivity contribution is 5.91. The smallest absolute Gasteiger partial charge is 0.262 e. The lowest BCUT2D eigenvalue weighted by Gasteiger charge is -2.11. The number of pyridine rings is 1. The van der Waals surface area contributed by atoms with E-state index in [1.807, 2.05) is 19.1 Å². The van der Waals surface area contributed by atoms with Crippen molar-refractivity contribution in [1.29, 1.82) is 0 Å². The van der Waals surface area contributed by atoms with Gasteiger partial charge in [-0.3, -0.25) is 4.79 Å². The predicted molar refractivity (Wildman–Crippen MR) is 82.6 cm³/mol. The summed E-state index contributed by atoms with van der Waals surface area (Å²) >= 11 is 0. The lowest BCUT2D eigenvalue weighted by Crippen LogP contribution is -2.20. The summed E-state index contributed by atoms with van der Waals surface area (Å²) in [6.07, 6.45) is 1.52. The summed E-state index contributed by atoms with van der Waals surface area (Å²) in [5, 5.41) is 2.69. The lowest BCUT2D eigenvalue weighted by molar-refractivity contribution is -0.118. The van der Waals surface area contributed by atoms with Crippen molar-refractivity contribution in [2.75, 3.05) is 26.1 Å². The van der Waals surface area contributed by atoms with Crippen LogP contribution >= 0.6 is 0 Å². The number of ether oxygens (including phenoxy) is 3. The average Bonchev–Trinajstić information content (AvgIpc) is 2.54. The number of hydrogen-bond donors (Lipinski definition) is 1. The van der Waals surface area contributed by atoms with Crippen LogP contribution in [0.3, 0.4) is 0 Å². The molecule has 6 heteroatoms. The standard InChI is InChI=1S/C16H18N2O4/c1-11-4-6-13(14(8-11)20-2)22-10-15(19)18-12-5-7-16(21-3)17-9-12/h4-9H,10H2,1-3H3,(H,18,19). The van der Waals surface area contributed by atoms with E-state index in [0.717, 1.165) is 5.56 Å². The summed E-state index contributed by atoms with van der Waals surface area (Å²) < 4.78 is 15.7. The van der Waals surface area contributed by atoms with Gasteiger partial charge in [0, 0.05) is 6.07 Å². The number of nitrogens with one attached hydrogen (secondary N) is 1. The Bertz CT molecular complexity index is 641. The van der Waals surface area contributed by atoms with Crippen molar-refractivity contribution < 1.29 is 19.0 Å². The maximum atomic E-state index is 11.9. The third-order valence-electron chi connectivity index (χ3n) is 2.91. The molecule has 0 aliphatic rings. The second-order valence-corrected chi connectivity index (χ2v) is 4.58. The lowest BCUT2D eigenvalue weighted by atomic mass is 10.2. The van der Waals surface area contributed by atoms with E-state index in [1.54, 1.807) is 25.3 Å². The number of hydrogen-bond acceptors (Lipinski definition) is 5. The number of aryl methyl sites for hydroxylation is 1. The van der Waals surface area contributed by atoms with Crippen molar-refractivity contribution in [3.8, 4) is 17.4 Å². The number of carbonyl (C=O) groups excluding carboxylic acids is 1. The van der Waals surface area contributed by atoms with Crippen molar-refractivity contribution in [2.24, 2.45) is 0 Å². The van der Waals surface area contributed by atoms with Crippen LogP contribution in [0, 0.1) is 6.92 Å². The van der Waals surface area contributed by atoms with Gasteiger partial charge < -0.3 is 19.5 Å². The molecule has 1 heterocycles. The fraction of sp³-hybridized carbons (Fsp3) is 0.250. The first kappa shape index (κ1) is 15.6. The molecule has 0 radical (unpaired) electrons. The van der Waals surface area contributed by atoms with Crippen LogP contribution < -0.4 is 19.5 Å². The fourth-order valence-corrected chi connectivity index (χ4v) is 1.81. The number of rotatable bonds is 6. The van der Waals surface area contributed by atoms with Crippen LogP contribution in [0.15, 0.2) is 36.5 Å². The van der Waals surface area contributed by atoms with Crippen LogP contribution in [0.1, 0.15) is 5.56 Å². The zero-order chi connectivity index (χ0) is 15.9. The first-order chi connectivity index (χ1) is 10.6. The molecule has 22 heavy (non-hydrogen) atoms. The Morgan fingerprint density at radius 3 is 2.59 bits per heavy atom. The Balaban J connectivity index is 1.92. The van der Waals surface area contributed by atoms with Gasteiger partial charge in [0.05, 0.1) is 26.1 Å². The molecule has 116 valence electrons. The Morgan fingerprint density at radius 1 is 1.14 bits per heavy atom. The molecule has 1 amide bonds. The van der Waals surface area contributed by atoms with Crippen LogP contribution in [0.5, 0.6) is 17.4 Å². The minimum absolute atomic E-state index is 0.120. The minimum atomic E-state index is -0.283. The largest absolute Gasteiger partial charge is 0.493 e. The molecule has 1 N–H and O–H groups in total. The highest BCUT2D eigenvalue weighted by atomic mass is 16.5. The van der Waals surface area contributed by atoms with Gasteiger partial charge in [0.15, 0.2) is 18.1 Å². The molecule has 0 aliphatic carbocycles. The molecule has 0 fully saturated rings. The van der Waals surface area contributed by atoms with Crippen molar-refractivity contribution in [3.63, 3.8) is 0 Å². The van der Waals surface area contributed by atoms with Gasteiger partial charge >= 0.3 is 0 Å². The molecule has 0 aliphatic heterocycles. The van der Waals surface area contributed by atoms with Crippen LogP contribution in [0.2, 0.25) is 0 Å². The topological polar surface area (TPSA) is 69.7 Å². The number of benzene rings is 1. The van der Waals surface area contributed by atoms with Crippen molar-refractivity contribution in [1.82, 2.24) is 4.98 Å². The molecule has 0 bridgehead atoms. The Kier molecular flexibility index (Phi) is 5.19. The summed E-state index contributed by atoms with van der Waals surface area (Å²) in [5.74, 6) is 1.32. The normalized spacial score (nSPS) is 9.95. The predicted octanol–water partition coefficient (Wildman–Crippen LogP) is 2.42. The van der Waals surface area contributed by atoms with E-state index in [9.17, 15) is 4.79 Å². The number of amides is 1. The van der Waals surface area contributed by atoms with Crippen LogP contribution in [-0.2, 0) is 4.79 Å². The molecule has 1 aromatic carbocycles. The van der Waals surface area contributed by atoms with Gasteiger partial charge in [0.1, 0.15) is 0 Å². The van der Waals surface area contributed by atoms with E-state index >= 15 is 0 Å². The van der Waals surface area contributed by atoms with Crippen LogP contribution in [0.25, 0.3) is 0 Å². The molecule has 1 aromatic heterocycles. The van der Waals surface area contributed by atoms with Crippen molar-refractivity contribution in [2.45, 2.75) is 6.92 Å². The molecule has 6 nitrogen and oxygen atoms in total. The van der Waals surface area contributed by atoms with E-state index in [1.165, 1.54) is 13.3 Å². The average molecular weight is 302 g/mol. The molecule has 0 saturated carbocycles. The number of methoxy groups -OCH3 is 2. The van der Waals surface area contributed by atoms with E-state index in [4.69, 9.17) is 14.2 Å². The zero-order valence-corrected chi connectivity index (χ0v) is 12.8. The molecular weight excluding hydrogens is 284 g/mol. The van der Waals surface area contributed by atoms with Crippen molar-refractivity contribution >= 4 is 11.6 Å². The van der Waals surface area contributed by atoms with Crippen LogP contribution in [-0.4, -0.2) is 31.7 Å². The van der Waals surface area contributed by atoms with Gasteiger partial charge in [-0.2, -0.15) is 0 Å². The van der Waals surface area contributed by atoms with E-state index < -0.39 is 0 Å². The Morgan fingerprint density at radius 2 is 1.95 bits per heavy atom. The summed E-state index contributed by atoms with van der Waals surface area (Å²) in [4.78, 5) is 15.9. The quantitative estimate of drug-likeness (QED) is 0.887. The van der Waals surface area contributed by atoms with Gasteiger partial charge in [0.2, 0.25) is 5.88 Å². The molecule has 0 unspecified atom stereocenters. The van der Waals surface area contributed by atoms with Gasteiger partial charge in [-0.1, -0.05) is 6.07 Å². The fourth-order valence-electron chi connectivity index (χ4n) is 1.81. The molecule has 0 spiro atoms. The first-order valence-corrected chi connectivity index (χ1v) is 6.69. The molecule has 0 atom stereocenters. The number of nitrogens with zero attached hydrogens (tertiary/aromatic N) is 1. The Hall–Kier alpha value is -2.76. The molecule has 2 aromatic rings. The zero-order valence-electron chi connectivity index (χ0n) is 12.8. The van der Waals surface area contributed by atoms with Gasteiger partial charge in [-0.05, 0) is 30.7 Å². The van der Waals surface area contributed by atoms with E-state index in [0.29, 0.717) is 23.1 Å². The number of carbonyl (C=O) groups is 1. The summed E-state index contributed by atoms with van der Waals surface area (Å²) in [5.41, 5.74) is 1.63. The second-order valence-electron chi connectivity index (χ2n) is 4.58. The van der Waals surface area contributed by atoms with E-state index in [2.05, 4.69) is 10.3 Å². The third kappa shape index (κ3) is 4.12. The summed E-state index contributed by atoms with van der Waals surface area (Å²) in [6.45, 7) is 1.83. The monoisotopic (exact) mass is 302 g/mol. The van der Waals surface area contributed by atoms with Crippen molar-refractivity contribution in [3.05, 3.63) is 42.1 Å². The third-order valence-corrected chi connectivity index (χ3v) is 2.91. The van der Waals surface area contributed by atoms with E-state index in [-0.39, 0.29) is 12.5 Å². The Labute approximate surface area is 129 Å². The number of aromatic nitrogens is 1. The second kappa shape index (κ2) is 7.31. The SMILES string of the molecule is COc1ccc(NC(=O)COc2ccc(C)cc2OC)cn1. The first-order valence-electron chi connectivity index (χ1n) is 6.69. The minimum Gasteiger partial charge on any atom is -0.493 e. The maximum absolute atomic E-state index is 11.9. The maximum Gasteiger partial charge on any atom is 0.262 e. The summed E-state index contributed by atoms with van der Waals surface area (Å²) in [6, 6.07) is 8.88. The molecule has 0 saturated heterocycles. The van der Waals surface area contributed by atoms with Crippen LogP contribution in [0.4, 0.5) is 5.69 Å². The van der Waals surface area contributed by atoms with Gasteiger partial charge in [-0.25, -0.2) is 4.98 Å². The highest BCUT2D eigenvalue weighted by Gasteiger charge is 2.08. The summed E-state index contributed by atoms with van der Waals surface area (Å²) in [7, 11) is 3.09. The van der Waals surface area contributed by atoms with Gasteiger partial charge in [0.25, 0.3) is 5.91 Å². The molecule has 2 rings (SSSR count). The highest BCUT2D eigenvalue weighted by Crippen LogP contribution is 2.27. The van der Waals surface area contributed by atoms with Gasteiger partial charge in [-0.15, -0.1) is 0 Å².